The summed E-state index contributed by atoms with van der Waals surface area (Å²) < 4.78 is 18.9. The molecule has 0 fully saturated rings. The summed E-state index contributed by atoms with van der Waals surface area (Å²) in [6.07, 6.45) is 13.6. The topological polar surface area (TPSA) is 22.0 Å². The number of aromatic nitrogens is 1. The van der Waals surface area contributed by atoms with Crippen LogP contribution >= 0.6 is 7.14 Å². The fourth-order valence-corrected chi connectivity index (χ4v) is 13.7. The molecule has 0 saturated carbocycles. The third-order valence-electron chi connectivity index (χ3n) is 12.7. The van der Waals surface area contributed by atoms with E-state index in [1.807, 2.05) is 18.2 Å². The maximum absolute atomic E-state index is 16.4. The SMILES string of the molecule is O=P1(c2ccccc2)c2ccccc2C2(c3ccccc3-n3c4c(c5cccc2c53)=CCCC=4)c2cc(-c3ccc4c5c(ccc4c3)C=CCC5)ccc21. The molecule has 0 bridgehead atoms. The van der Waals surface area contributed by atoms with Gasteiger partial charge >= 0.3 is 0 Å². The number of rotatable bonds is 2. The highest BCUT2D eigenvalue weighted by Crippen LogP contribution is 2.60. The Labute approximate surface area is 314 Å². The highest BCUT2D eigenvalue weighted by molar-refractivity contribution is 7.85. The first-order chi connectivity index (χ1) is 26.7. The lowest BCUT2D eigenvalue weighted by molar-refractivity contribution is 0.590. The van der Waals surface area contributed by atoms with E-state index in [2.05, 4.69) is 156 Å². The lowest BCUT2D eigenvalue weighted by atomic mass is 9.62. The van der Waals surface area contributed by atoms with Crippen LogP contribution in [-0.2, 0) is 16.4 Å². The van der Waals surface area contributed by atoms with Crippen LogP contribution in [-0.4, -0.2) is 4.57 Å². The number of allylic oxidation sites excluding steroid dienone is 1. The number of hydrogen-bond donors (Lipinski definition) is 0. The maximum Gasteiger partial charge on any atom is 0.171 e. The number of hydrogen-bond acceptors (Lipinski definition) is 1. The van der Waals surface area contributed by atoms with Crippen molar-refractivity contribution in [3.05, 3.63) is 196 Å². The first-order valence-electron chi connectivity index (χ1n) is 19.2. The second-order valence-electron chi connectivity index (χ2n) is 15.3. The zero-order valence-electron chi connectivity index (χ0n) is 29.8. The largest absolute Gasteiger partial charge is 0.309 e. The molecule has 2 aliphatic carbocycles. The van der Waals surface area contributed by atoms with E-state index in [1.54, 1.807) is 0 Å². The minimum atomic E-state index is -3.31. The van der Waals surface area contributed by atoms with Gasteiger partial charge in [-0.3, -0.25) is 0 Å². The van der Waals surface area contributed by atoms with Crippen molar-refractivity contribution in [2.45, 2.75) is 31.1 Å². The number of benzene rings is 7. The molecule has 2 nitrogen and oxygen atoms in total. The Morgan fingerprint density at radius 2 is 1.33 bits per heavy atom. The van der Waals surface area contributed by atoms with Gasteiger partial charge in [0.15, 0.2) is 7.14 Å². The number of para-hydroxylation sites is 2. The lowest BCUT2D eigenvalue weighted by Crippen LogP contribution is -2.48. The van der Waals surface area contributed by atoms with E-state index in [4.69, 9.17) is 0 Å². The molecule has 0 N–H and O–H groups in total. The van der Waals surface area contributed by atoms with Gasteiger partial charge in [-0.2, -0.15) is 0 Å². The zero-order valence-corrected chi connectivity index (χ0v) is 30.7. The van der Waals surface area contributed by atoms with E-state index in [1.165, 1.54) is 65.7 Å². The number of fused-ring (bicyclic) bond motifs is 14. The Kier molecular flexibility index (Phi) is 6.24. The molecule has 4 aliphatic rings. The smallest absolute Gasteiger partial charge is 0.171 e. The Bertz CT molecular complexity index is 3150. The van der Waals surface area contributed by atoms with E-state index >= 15 is 4.57 Å². The van der Waals surface area contributed by atoms with E-state index in [0.717, 1.165) is 58.3 Å². The highest BCUT2D eigenvalue weighted by Gasteiger charge is 2.54. The molecule has 3 heterocycles. The van der Waals surface area contributed by atoms with E-state index in [9.17, 15) is 0 Å². The van der Waals surface area contributed by atoms with E-state index in [0.29, 0.717) is 0 Å². The molecule has 2 aliphatic heterocycles. The lowest BCUT2D eigenvalue weighted by Gasteiger charge is -2.47. The number of nitrogens with zero attached hydrogens (tertiary/aromatic N) is 1. The van der Waals surface area contributed by atoms with Crippen molar-refractivity contribution in [3.8, 4) is 16.8 Å². The molecule has 0 radical (unpaired) electrons. The normalized spacial score (nSPS) is 20.0. The van der Waals surface area contributed by atoms with Gasteiger partial charge in [-0.25, -0.2) is 0 Å². The standard InChI is InChI=1S/C51H36NOP/c53-54(37-14-2-1-3-15-37)48-24-11-8-20-43(48)51(42-19-7-10-23-47(42)52-46-22-9-6-17-40(46)41-18-12-21-44(51)50(41)52)45-32-35(28-30-49(45)54)34-27-29-39-36(31-34)26-25-33-13-4-5-16-38(33)39/h1-4,7-8,10-15,17-32H,5-6,9,16H2. The summed E-state index contributed by atoms with van der Waals surface area (Å²) in [5, 5.41) is 9.22. The second-order valence-corrected chi connectivity index (χ2v) is 18.0. The molecule has 3 heteroatoms. The predicted octanol–water partition coefficient (Wildman–Crippen LogP) is 9.41. The molecule has 1 aromatic heterocycles. The first kappa shape index (κ1) is 30.5. The summed E-state index contributed by atoms with van der Waals surface area (Å²) >= 11 is 0. The molecule has 54 heavy (non-hydrogen) atoms. The van der Waals surface area contributed by atoms with Crippen molar-refractivity contribution in [2.24, 2.45) is 0 Å². The van der Waals surface area contributed by atoms with Crippen LogP contribution in [0.3, 0.4) is 0 Å². The monoisotopic (exact) mass is 709 g/mol. The van der Waals surface area contributed by atoms with Crippen molar-refractivity contribution in [1.29, 1.82) is 0 Å². The molecule has 8 aromatic rings. The van der Waals surface area contributed by atoms with Crippen molar-refractivity contribution >= 4 is 63.0 Å². The highest BCUT2D eigenvalue weighted by atomic mass is 31.2. The van der Waals surface area contributed by atoms with Gasteiger partial charge in [0, 0.05) is 31.9 Å². The minimum Gasteiger partial charge on any atom is -0.309 e. The molecule has 256 valence electrons. The zero-order chi connectivity index (χ0) is 35.6. The third kappa shape index (κ3) is 3.79. The van der Waals surface area contributed by atoms with Gasteiger partial charge in [-0.15, -0.1) is 0 Å². The molecular formula is C51H36NOP. The molecule has 2 atom stereocenters. The van der Waals surface area contributed by atoms with Crippen molar-refractivity contribution in [3.63, 3.8) is 0 Å². The molecule has 2 unspecified atom stereocenters. The molecule has 12 rings (SSSR count). The van der Waals surface area contributed by atoms with Gasteiger partial charge in [0.2, 0.25) is 0 Å². The van der Waals surface area contributed by atoms with Crippen LogP contribution in [0.25, 0.3) is 56.7 Å². The van der Waals surface area contributed by atoms with Gasteiger partial charge in [0.05, 0.1) is 16.6 Å². The van der Waals surface area contributed by atoms with Crippen LogP contribution in [0.4, 0.5) is 0 Å². The van der Waals surface area contributed by atoms with Gasteiger partial charge in [-0.1, -0.05) is 146 Å². The Morgan fingerprint density at radius 3 is 2.26 bits per heavy atom. The summed E-state index contributed by atoms with van der Waals surface area (Å²) in [6, 6.07) is 53.1. The van der Waals surface area contributed by atoms with Crippen molar-refractivity contribution in [2.75, 3.05) is 0 Å². The molecular weight excluding hydrogens is 674 g/mol. The molecule has 1 spiro atoms. The maximum atomic E-state index is 16.4. The number of aryl methyl sites for hydroxylation is 1. The summed E-state index contributed by atoms with van der Waals surface area (Å²) in [7, 11) is -3.31. The minimum absolute atomic E-state index is 0.708. The summed E-state index contributed by atoms with van der Waals surface area (Å²) in [6.45, 7) is 0. The van der Waals surface area contributed by atoms with E-state index in [-0.39, 0.29) is 0 Å². The molecule has 0 amide bonds. The molecule has 7 aromatic carbocycles. The van der Waals surface area contributed by atoms with Gasteiger partial charge < -0.3 is 9.13 Å². The first-order valence-corrected chi connectivity index (χ1v) is 21.0. The van der Waals surface area contributed by atoms with Crippen LogP contribution in [0, 0.1) is 0 Å². The fourth-order valence-electron chi connectivity index (χ4n) is 10.5. The Balaban J connectivity index is 1.23. The van der Waals surface area contributed by atoms with Crippen molar-refractivity contribution < 1.29 is 4.57 Å². The third-order valence-corrected chi connectivity index (χ3v) is 15.9. The van der Waals surface area contributed by atoms with Crippen LogP contribution in [0.15, 0.2) is 152 Å². The second kappa shape index (κ2) is 11.0. The average Bonchev–Trinajstić information content (AvgIpc) is 3.59. The predicted molar refractivity (Wildman–Crippen MR) is 226 cm³/mol. The van der Waals surface area contributed by atoms with Gasteiger partial charge in [0.1, 0.15) is 0 Å². The van der Waals surface area contributed by atoms with Crippen LogP contribution in [0.1, 0.15) is 52.6 Å². The fraction of sp³-hybridized carbons (Fsp3) is 0.0980. The Hall–Kier alpha value is -5.95. The molecule has 0 saturated heterocycles. The average molecular weight is 710 g/mol. The van der Waals surface area contributed by atoms with Crippen LogP contribution < -0.4 is 26.5 Å². The van der Waals surface area contributed by atoms with Gasteiger partial charge in [-0.05, 0) is 105 Å². The van der Waals surface area contributed by atoms with Crippen LogP contribution in [0.2, 0.25) is 0 Å². The summed E-state index contributed by atoms with van der Waals surface area (Å²) in [5.74, 6) is 0. The van der Waals surface area contributed by atoms with Crippen LogP contribution in [0.5, 0.6) is 0 Å². The summed E-state index contributed by atoms with van der Waals surface area (Å²) in [4.78, 5) is 0. The Morgan fingerprint density at radius 1 is 0.574 bits per heavy atom. The van der Waals surface area contributed by atoms with E-state index < -0.39 is 12.6 Å². The van der Waals surface area contributed by atoms with Gasteiger partial charge in [0.25, 0.3) is 0 Å². The summed E-state index contributed by atoms with van der Waals surface area (Å²) in [5.41, 5.74) is 11.5. The van der Waals surface area contributed by atoms with Crippen molar-refractivity contribution in [1.82, 2.24) is 4.57 Å². The quantitative estimate of drug-likeness (QED) is 0.164.